The zero-order valence-electron chi connectivity index (χ0n) is 11.8. The Labute approximate surface area is 118 Å². The largest absolute Gasteiger partial charge is 0.329 e. The minimum atomic E-state index is -0.383. The topological polar surface area (TPSA) is 58.7 Å². The predicted octanol–water partition coefficient (Wildman–Crippen LogP) is 2.35. The third-order valence-corrected chi connectivity index (χ3v) is 5.86. The van der Waals surface area contributed by atoms with Gasteiger partial charge in [-0.25, -0.2) is 0 Å². The minimum Gasteiger partial charge on any atom is -0.329 e. The van der Waals surface area contributed by atoms with Crippen molar-refractivity contribution in [3.8, 4) is 6.07 Å². The highest BCUT2D eigenvalue weighted by atomic mass is 16.1. The van der Waals surface area contributed by atoms with Crippen molar-refractivity contribution in [3.05, 3.63) is 27.9 Å². The average molecular weight is 269 g/mol. The van der Waals surface area contributed by atoms with Crippen LogP contribution in [0.4, 0.5) is 0 Å². The van der Waals surface area contributed by atoms with Crippen molar-refractivity contribution in [3.63, 3.8) is 0 Å². The van der Waals surface area contributed by atoms with Crippen LogP contribution in [-0.2, 0) is 5.54 Å². The van der Waals surface area contributed by atoms with Gasteiger partial charge < -0.3 is 4.57 Å². The van der Waals surface area contributed by atoms with Gasteiger partial charge in [0.2, 0.25) is 0 Å². The van der Waals surface area contributed by atoms with Gasteiger partial charge in [-0.1, -0.05) is 0 Å². The molecule has 0 spiro atoms. The molecule has 1 heterocycles. The van der Waals surface area contributed by atoms with Crippen LogP contribution in [0.2, 0.25) is 0 Å². The molecule has 0 aliphatic heterocycles. The Morgan fingerprint density at radius 3 is 2.30 bits per heavy atom. The van der Waals surface area contributed by atoms with Crippen molar-refractivity contribution < 1.29 is 0 Å². The Morgan fingerprint density at radius 2 is 1.80 bits per heavy atom. The van der Waals surface area contributed by atoms with Crippen LogP contribution in [0.1, 0.15) is 49.8 Å². The average Bonchev–Trinajstić information content (AvgIpc) is 2.37. The summed E-state index contributed by atoms with van der Waals surface area (Å²) in [5.74, 6) is 2.52. The first-order chi connectivity index (χ1) is 9.61. The molecule has 0 aromatic carbocycles. The summed E-state index contributed by atoms with van der Waals surface area (Å²) in [6.45, 7) is 1.90. The lowest BCUT2D eigenvalue weighted by atomic mass is 9.53. The van der Waals surface area contributed by atoms with Crippen LogP contribution >= 0.6 is 0 Å². The van der Waals surface area contributed by atoms with E-state index in [9.17, 15) is 10.1 Å². The van der Waals surface area contributed by atoms with E-state index in [2.05, 4.69) is 9.55 Å². The lowest BCUT2D eigenvalue weighted by Crippen LogP contribution is -2.52. The van der Waals surface area contributed by atoms with Crippen LogP contribution in [0.3, 0.4) is 0 Å². The second-order valence-corrected chi connectivity index (χ2v) is 7.13. The van der Waals surface area contributed by atoms with Gasteiger partial charge in [-0.3, -0.25) is 4.79 Å². The fraction of sp³-hybridized carbons (Fsp3) is 0.688. The maximum absolute atomic E-state index is 11.7. The Morgan fingerprint density at radius 1 is 1.25 bits per heavy atom. The molecule has 0 N–H and O–H groups in total. The molecule has 1 aromatic heterocycles. The summed E-state index contributed by atoms with van der Waals surface area (Å²) in [6.07, 6.45) is 9.47. The minimum absolute atomic E-state index is 0.130. The highest BCUT2D eigenvalue weighted by Crippen LogP contribution is 2.58. The first-order valence-electron chi connectivity index (χ1n) is 7.60. The molecule has 5 rings (SSSR count). The molecular formula is C16H19N3O. The number of rotatable bonds is 1. The van der Waals surface area contributed by atoms with Crippen molar-refractivity contribution in [1.82, 2.24) is 9.55 Å². The second kappa shape index (κ2) is 3.94. The van der Waals surface area contributed by atoms with Crippen LogP contribution in [0.15, 0.2) is 11.1 Å². The highest BCUT2D eigenvalue weighted by molar-refractivity contribution is 5.31. The molecule has 0 radical (unpaired) electrons. The summed E-state index contributed by atoms with van der Waals surface area (Å²) in [7, 11) is 0. The van der Waals surface area contributed by atoms with Gasteiger partial charge in [-0.2, -0.15) is 10.2 Å². The quantitative estimate of drug-likeness (QED) is 0.786. The van der Waals surface area contributed by atoms with Crippen LogP contribution < -0.4 is 5.56 Å². The smallest absolute Gasteiger partial charge is 0.290 e. The van der Waals surface area contributed by atoms with E-state index in [1.165, 1.54) is 38.5 Å². The molecule has 4 aliphatic rings. The second-order valence-electron chi connectivity index (χ2n) is 7.13. The fourth-order valence-electron chi connectivity index (χ4n) is 5.50. The third kappa shape index (κ3) is 1.52. The number of nitriles is 1. The van der Waals surface area contributed by atoms with Crippen molar-refractivity contribution in [2.24, 2.45) is 17.8 Å². The molecule has 4 nitrogen and oxygen atoms in total. The molecule has 4 aliphatic carbocycles. The lowest BCUT2D eigenvalue weighted by Gasteiger charge is -2.57. The van der Waals surface area contributed by atoms with Gasteiger partial charge in [0.05, 0.1) is 6.33 Å². The number of nitrogens with zero attached hydrogens (tertiary/aromatic N) is 3. The van der Waals surface area contributed by atoms with Crippen molar-refractivity contribution in [2.75, 3.05) is 0 Å². The van der Waals surface area contributed by atoms with Crippen molar-refractivity contribution >= 4 is 0 Å². The Kier molecular flexibility index (Phi) is 2.39. The fourth-order valence-corrected chi connectivity index (χ4v) is 5.50. The molecule has 0 unspecified atom stereocenters. The van der Waals surface area contributed by atoms with Gasteiger partial charge in [0.15, 0.2) is 0 Å². The zero-order valence-corrected chi connectivity index (χ0v) is 11.8. The van der Waals surface area contributed by atoms with Crippen LogP contribution in [-0.4, -0.2) is 9.55 Å². The number of hydrogen-bond donors (Lipinski definition) is 0. The lowest BCUT2D eigenvalue weighted by molar-refractivity contribution is -0.0448. The van der Waals surface area contributed by atoms with Crippen molar-refractivity contribution in [1.29, 1.82) is 5.26 Å². The van der Waals surface area contributed by atoms with Crippen molar-refractivity contribution in [2.45, 2.75) is 51.0 Å². The summed E-state index contributed by atoms with van der Waals surface area (Å²) in [5, 5.41) is 9.20. The number of aromatic nitrogens is 2. The van der Waals surface area contributed by atoms with Gasteiger partial charge in [0.1, 0.15) is 11.6 Å². The molecule has 0 amide bonds. The SMILES string of the molecule is Cc1c(C#N)c(=O)ncn1C12CC3CC(CC(C3)C1)C2. The first-order valence-corrected chi connectivity index (χ1v) is 7.60. The van der Waals surface area contributed by atoms with Gasteiger partial charge in [0.25, 0.3) is 5.56 Å². The van der Waals surface area contributed by atoms with Crippen LogP contribution in [0.5, 0.6) is 0 Å². The van der Waals surface area contributed by atoms with E-state index in [0.717, 1.165) is 23.4 Å². The molecular weight excluding hydrogens is 250 g/mol. The van der Waals surface area contributed by atoms with Gasteiger partial charge in [-0.15, -0.1) is 0 Å². The Hall–Kier alpha value is -1.63. The summed E-state index contributed by atoms with van der Waals surface area (Å²) < 4.78 is 2.18. The number of hydrogen-bond acceptors (Lipinski definition) is 3. The van der Waals surface area contributed by atoms with Crippen LogP contribution in [0.25, 0.3) is 0 Å². The van der Waals surface area contributed by atoms with Crippen LogP contribution in [0, 0.1) is 36.0 Å². The molecule has 4 saturated carbocycles. The third-order valence-electron chi connectivity index (χ3n) is 5.86. The summed E-state index contributed by atoms with van der Waals surface area (Å²) in [5.41, 5.74) is 0.786. The highest BCUT2D eigenvalue weighted by Gasteiger charge is 2.52. The molecule has 0 atom stereocenters. The molecule has 1 aromatic rings. The Bertz CT molecular complexity index is 632. The van der Waals surface area contributed by atoms with E-state index in [4.69, 9.17) is 0 Å². The first kappa shape index (κ1) is 12.1. The predicted molar refractivity (Wildman–Crippen MR) is 74.1 cm³/mol. The van der Waals surface area contributed by atoms with Gasteiger partial charge >= 0.3 is 0 Å². The van der Waals surface area contributed by atoms with E-state index in [-0.39, 0.29) is 16.7 Å². The summed E-state index contributed by atoms with van der Waals surface area (Å²) in [6, 6.07) is 2.04. The van der Waals surface area contributed by atoms with E-state index in [1.54, 1.807) is 6.33 Å². The summed E-state index contributed by atoms with van der Waals surface area (Å²) >= 11 is 0. The molecule has 20 heavy (non-hydrogen) atoms. The Balaban J connectivity index is 1.86. The standard InChI is InChI=1S/C16H19N3O/c1-10-14(8-17)15(20)18-9-19(10)16-5-11-2-12(6-16)4-13(3-11)7-16/h9,11-13H,2-7H2,1H3. The zero-order chi connectivity index (χ0) is 13.9. The van der Waals surface area contributed by atoms with E-state index >= 15 is 0 Å². The summed E-state index contributed by atoms with van der Waals surface area (Å²) in [4.78, 5) is 15.7. The molecule has 104 valence electrons. The van der Waals surface area contributed by atoms with E-state index in [1.807, 2.05) is 13.0 Å². The molecule has 4 bridgehead atoms. The molecule has 0 saturated heterocycles. The van der Waals surface area contributed by atoms with E-state index < -0.39 is 0 Å². The maximum Gasteiger partial charge on any atom is 0.290 e. The van der Waals surface area contributed by atoms with E-state index in [0.29, 0.717) is 0 Å². The van der Waals surface area contributed by atoms with Gasteiger partial charge in [0, 0.05) is 11.2 Å². The molecule has 4 fully saturated rings. The molecule has 4 heteroatoms. The monoisotopic (exact) mass is 269 g/mol. The normalized spacial score (nSPS) is 37.9. The van der Waals surface area contributed by atoms with Gasteiger partial charge in [-0.05, 0) is 63.2 Å². The maximum atomic E-state index is 11.7.